The molecule has 0 spiro atoms. The Morgan fingerprint density at radius 1 is 1.19 bits per heavy atom. The van der Waals surface area contributed by atoms with E-state index in [1.54, 1.807) is 11.9 Å². The van der Waals surface area contributed by atoms with Crippen molar-refractivity contribution in [3.8, 4) is 0 Å². The standard InChI is InChI=1S/C17H15BrN2O/c1-12(21)20-17(14-8-5-9-15(18)10-14)11-16(19-20)13-6-3-2-4-7-13/h2-10,17H,11H2,1H3/t17-/m0/s1. The largest absolute Gasteiger partial charge is 0.273 e. The molecule has 3 rings (SSSR count). The van der Waals surface area contributed by atoms with Gasteiger partial charge in [-0.15, -0.1) is 0 Å². The van der Waals surface area contributed by atoms with E-state index in [0.717, 1.165) is 27.7 Å². The van der Waals surface area contributed by atoms with Crippen molar-refractivity contribution in [2.75, 3.05) is 0 Å². The molecule has 106 valence electrons. The Morgan fingerprint density at radius 3 is 2.62 bits per heavy atom. The van der Waals surface area contributed by atoms with Gasteiger partial charge >= 0.3 is 0 Å². The number of hydrogen-bond donors (Lipinski definition) is 0. The first kappa shape index (κ1) is 14.0. The molecular formula is C17H15BrN2O. The summed E-state index contributed by atoms with van der Waals surface area (Å²) in [5.41, 5.74) is 3.12. The first-order valence-electron chi connectivity index (χ1n) is 6.83. The van der Waals surface area contributed by atoms with Crippen molar-refractivity contribution in [1.82, 2.24) is 5.01 Å². The van der Waals surface area contributed by atoms with Gasteiger partial charge in [0.1, 0.15) is 0 Å². The molecule has 1 heterocycles. The van der Waals surface area contributed by atoms with E-state index in [1.165, 1.54) is 0 Å². The van der Waals surface area contributed by atoms with Gasteiger partial charge in [-0.3, -0.25) is 4.79 Å². The summed E-state index contributed by atoms with van der Waals surface area (Å²) in [6.07, 6.45) is 0.736. The number of rotatable bonds is 2. The number of amides is 1. The normalized spacial score (nSPS) is 17.7. The van der Waals surface area contributed by atoms with Crippen molar-refractivity contribution in [2.24, 2.45) is 5.10 Å². The highest BCUT2D eigenvalue weighted by atomic mass is 79.9. The van der Waals surface area contributed by atoms with E-state index in [0.29, 0.717) is 0 Å². The number of nitrogens with zero attached hydrogens (tertiary/aromatic N) is 2. The molecule has 0 unspecified atom stereocenters. The maximum absolute atomic E-state index is 11.9. The minimum Gasteiger partial charge on any atom is -0.273 e. The highest BCUT2D eigenvalue weighted by molar-refractivity contribution is 9.10. The van der Waals surface area contributed by atoms with Crippen LogP contribution in [-0.2, 0) is 4.79 Å². The molecule has 1 amide bonds. The SMILES string of the molecule is CC(=O)N1N=C(c2ccccc2)C[C@H]1c1cccc(Br)c1. The smallest absolute Gasteiger partial charge is 0.240 e. The summed E-state index contributed by atoms with van der Waals surface area (Å²) in [4.78, 5) is 11.9. The Bertz CT molecular complexity index is 697. The van der Waals surface area contributed by atoms with E-state index in [2.05, 4.69) is 21.0 Å². The van der Waals surface area contributed by atoms with Crippen molar-refractivity contribution < 1.29 is 4.79 Å². The van der Waals surface area contributed by atoms with Gasteiger partial charge in [0.15, 0.2) is 0 Å². The Labute approximate surface area is 132 Å². The maximum atomic E-state index is 11.9. The van der Waals surface area contributed by atoms with Gasteiger partial charge < -0.3 is 0 Å². The van der Waals surface area contributed by atoms with E-state index < -0.39 is 0 Å². The third-order valence-electron chi connectivity index (χ3n) is 3.57. The Balaban J connectivity index is 1.95. The minimum atomic E-state index is -0.0362. The summed E-state index contributed by atoms with van der Waals surface area (Å²) in [5.74, 6) is -0.0362. The summed E-state index contributed by atoms with van der Waals surface area (Å²) < 4.78 is 1.01. The molecule has 21 heavy (non-hydrogen) atoms. The molecular weight excluding hydrogens is 328 g/mol. The molecule has 3 nitrogen and oxygen atoms in total. The number of hydrogen-bond acceptors (Lipinski definition) is 2. The topological polar surface area (TPSA) is 32.7 Å². The molecule has 1 aliphatic rings. The molecule has 0 aromatic heterocycles. The summed E-state index contributed by atoms with van der Waals surface area (Å²) in [6.45, 7) is 1.56. The number of carbonyl (C=O) groups excluding carboxylic acids is 1. The molecule has 0 radical (unpaired) electrons. The van der Waals surface area contributed by atoms with Gasteiger partial charge in [0.2, 0.25) is 5.91 Å². The van der Waals surface area contributed by atoms with Crippen LogP contribution in [0.25, 0.3) is 0 Å². The van der Waals surface area contributed by atoms with Crippen LogP contribution >= 0.6 is 15.9 Å². The Morgan fingerprint density at radius 2 is 1.95 bits per heavy atom. The second-order valence-corrected chi connectivity index (χ2v) is 5.97. The van der Waals surface area contributed by atoms with Crippen LogP contribution in [0.2, 0.25) is 0 Å². The van der Waals surface area contributed by atoms with E-state index in [4.69, 9.17) is 0 Å². The van der Waals surface area contributed by atoms with E-state index in [-0.39, 0.29) is 11.9 Å². The molecule has 2 aromatic rings. The number of hydrazone groups is 1. The molecule has 1 aliphatic heterocycles. The highest BCUT2D eigenvalue weighted by Gasteiger charge is 2.31. The van der Waals surface area contributed by atoms with Gasteiger partial charge in [-0.1, -0.05) is 58.4 Å². The van der Waals surface area contributed by atoms with Gasteiger partial charge in [-0.25, -0.2) is 5.01 Å². The average Bonchev–Trinajstić information content (AvgIpc) is 2.93. The molecule has 0 N–H and O–H groups in total. The molecule has 0 fully saturated rings. The van der Waals surface area contributed by atoms with Crippen molar-refractivity contribution in [2.45, 2.75) is 19.4 Å². The van der Waals surface area contributed by atoms with Crippen molar-refractivity contribution in [1.29, 1.82) is 0 Å². The fraction of sp³-hybridized carbons (Fsp3) is 0.176. The van der Waals surface area contributed by atoms with Gasteiger partial charge in [0.25, 0.3) is 0 Å². The van der Waals surface area contributed by atoms with Gasteiger partial charge in [-0.2, -0.15) is 5.10 Å². The van der Waals surface area contributed by atoms with E-state index in [9.17, 15) is 4.79 Å². The fourth-order valence-electron chi connectivity index (χ4n) is 2.58. The van der Waals surface area contributed by atoms with E-state index in [1.807, 2.05) is 54.6 Å². The zero-order valence-corrected chi connectivity index (χ0v) is 13.2. The zero-order chi connectivity index (χ0) is 14.8. The molecule has 0 saturated carbocycles. The monoisotopic (exact) mass is 342 g/mol. The molecule has 0 bridgehead atoms. The average molecular weight is 343 g/mol. The highest BCUT2D eigenvalue weighted by Crippen LogP contribution is 2.33. The van der Waals surface area contributed by atoms with Crippen LogP contribution in [0.4, 0.5) is 0 Å². The summed E-state index contributed by atoms with van der Waals surface area (Å²) in [5, 5.41) is 6.12. The zero-order valence-electron chi connectivity index (χ0n) is 11.7. The summed E-state index contributed by atoms with van der Waals surface area (Å²) >= 11 is 3.49. The van der Waals surface area contributed by atoms with Gasteiger partial charge in [0.05, 0.1) is 11.8 Å². The van der Waals surface area contributed by atoms with Crippen LogP contribution in [0.3, 0.4) is 0 Å². The number of benzene rings is 2. The molecule has 2 aromatic carbocycles. The Kier molecular flexibility index (Phi) is 3.88. The Hall–Kier alpha value is -1.94. The van der Waals surface area contributed by atoms with Crippen LogP contribution < -0.4 is 0 Å². The lowest BCUT2D eigenvalue weighted by atomic mass is 9.98. The second kappa shape index (κ2) is 5.82. The molecule has 0 aliphatic carbocycles. The second-order valence-electron chi connectivity index (χ2n) is 5.05. The number of carbonyl (C=O) groups is 1. The molecule has 4 heteroatoms. The molecule has 0 saturated heterocycles. The van der Waals surface area contributed by atoms with Crippen LogP contribution in [0.5, 0.6) is 0 Å². The quantitative estimate of drug-likeness (QED) is 0.806. The lowest BCUT2D eigenvalue weighted by Gasteiger charge is -2.20. The lowest BCUT2D eigenvalue weighted by molar-refractivity contribution is -0.130. The summed E-state index contributed by atoms with van der Waals surface area (Å²) in [6, 6.07) is 18.0. The van der Waals surface area contributed by atoms with Crippen LogP contribution in [0.15, 0.2) is 64.2 Å². The predicted octanol–water partition coefficient (Wildman–Crippen LogP) is 4.15. The van der Waals surface area contributed by atoms with Crippen LogP contribution in [0.1, 0.15) is 30.5 Å². The third-order valence-corrected chi connectivity index (χ3v) is 4.07. The fourth-order valence-corrected chi connectivity index (χ4v) is 3.00. The van der Waals surface area contributed by atoms with Crippen LogP contribution in [0, 0.1) is 0 Å². The first-order chi connectivity index (χ1) is 10.1. The predicted molar refractivity (Wildman–Crippen MR) is 87.0 cm³/mol. The van der Waals surface area contributed by atoms with Crippen molar-refractivity contribution in [3.63, 3.8) is 0 Å². The molecule has 1 atom stereocenters. The minimum absolute atomic E-state index is 0.0322. The van der Waals surface area contributed by atoms with E-state index >= 15 is 0 Å². The van der Waals surface area contributed by atoms with Crippen LogP contribution in [-0.4, -0.2) is 16.6 Å². The van der Waals surface area contributed by atoms with Crippen molar-refractivity contribution >= 4 is 27.5 Å². The lowest BCUT2D eigenvalue weighted by Crippen LogP contribution is -2.24. The summed E-state index contributed by atoms with van der Waals surface area (Å²) in [7, 11) is 0. The van der Waals surface area contributed by atoms with Crippen molar-refractivity contribution in [3.05, 3.63) is 70.2 Å². The third kappa shape index (κ3) is 2.90. The van der Waals surface area contributed by atoms with Gasteiger partial charge in [0, 0.05) is 17.8 Å². The number of halogens is 1. The van der Waals surface area contributed by atoms with Gasteiger partial charge in [-0.05, 0) is 23.3 Å². The maximum Gasteiger partial charge on any atom is 0.240 e. The first-order valence-corrected chi connectivity index (χ1v) is 7.62.